The van der Waals surface area contributed by atoms with Crippen molar-refractivity contribution in [1.29, 1.82) is 0 Å². The number of carbonyl (C=O) groups is 1. The molecule has 0 fully saturated rings. The van der Waals surface area contributed by atoms with Gasteiger partial charge in [0.15, 0.2) is 0 Å². The molecule has 0 saturated heterocycles. The van der Waals surface area contributed by atoms with Crippen LogP contribution in [0.15, 0.2) is 54.9 Å². The minimum atomic E-state index is -0.332. The molecule has 0 aliphatic heterocycles. The lowest BCUT2D eigenvalue weighted by atomic mass is 10.2. The Balaban J connectivity index is 2.39. The van der Waals surface area contributed by atoms with E-state index in [4.69, 9.17) is 4.74 Å². The quantitative estimate of drug-likeness (QED) is 0.569. The average molecular weight is 245 g/mol. The number of hydrogen-bond acceptors (Lipinski definition) is 3. The lowest BCUT2D eigenvalue weighted by Gasteiger charge is -2.11. The van der Waals surface area contributed by atoms with Crippen molar-refractivity contribution >= 4 is 5.97 Å². The Bertz CT molecular complexity index is 410. The maximum atomic E-state index is 11.5. The Kier molecular flexibility index (Phi) is 6.33. The molecule has 1 aromatic carbocycles. The molecule has 0 spiro atoms. The van der Waals surface area contributed by atoms with E-state index < -0.39 is 0 Å². The van der Waals surface area contributed by atoms with Crippen LogP contribution in [0.3, 0.4) is 0 Å². The zero-order valence-electron chi connectivity index (χ0n) is 10.9. The normalized spacial score (nSPS) is 11.0. The van der Waals surface area contributed by atoms with Crippen LogP contribution in [0, 0.1) is 0 Å². The standard InChI is InChI=1S/C15H19NO2/c1-3-11-16(4-2)12-10-15(17)18-13-14-8-6-5-7-9-14/h3,5-12H,4,13H2,1-2H3/b11-3-,12-10-. The summed E-state index contributed by atoms with van der Waals surface area (Å²) in [7, 11) is 0. The number of esters is 1. The zero-order valence-corrected chi connectivity index (χ0v) is 10.9. The monoisotopic (exact) mass is 245 g/mol. The molecule has 3 heteroatoms. The predicted octanol–water partition coefficient (Wildman–Crippen LogP) is 3.10. The summed E-state index contributed by atoms with van der Waals surface area (Å²) in [4.78, 5) is 13.4. The lowest BCUT2D eigenvalue weighted by Crippen LogP contribution is -2.09. The molecular formula is C15H19NO2. The minimum absolute atomic E-state index is 0.305. The summed E-state index contributed by atoms with van der Waals surface area (Å²) in [5, 5.41) is 0. The van der Waals surface area contributed by atoms with Gasteiger partial charge < -0.3 is 9.64 Å². The Labute approximate surface area is 108 Å². The fourth-order valence-corrected chi connectivity index (χ4v) is 1.39. The smallest absolute Gasteiger partial charge is 0.332 e. The summed E-state index contributed by atoms with van der Waals surface area (Å²) in [5.74, 6) is -0.332. The highest BCUT2D eigenvalue weighted by Gasteiger charge is 1.98. The molecule has 0 aliphatic carbocycles. The van der Waals surface area contributed by atoms with Crippen molar-refractivity contribution in [2.45, 2.75) is 20.5 Å². The first-order valence-electron chi connectivity index (χ1n) is 6.03. The van der Waals surface area contributed by atoms with Gasteiger partial charge in [-0.1, -0.05) is 36.4 Å². The molecule has 18 heavy (non-hydrogen) atoms. The van der Waals surface area contributed by atoms with Crippen LogP contribution in [0.4, 0.5) is 0 Å². The van der Waals surface area contributed by atoms with E-state index in [2.05, 4.69) is 0 Å². The second-order valence-corrected chi connectivity index (χ2v) is 3.72. The molecule has 1 rings (SSSR count). The van der Waals surface area contributed by atoms with E-state index in [9.17, 15) is 4.79 Å². The molecule has 96 valence electrons. The lowest BCUT2D eigenvalue weighted by molar-refractivity contribution is -0.139. The van der Waals surface area contributed by atoms with E-state index in [1.54, 1.807) is 6.20 Å². The van der Waals surface area contributed by atoms with E-state index in [1.807, 2.05) is 61.4 Å². The molecule has 0 radical (unpaired) electrons. The molecule has 0 aliphatic rings. The molecule has 0 aromatic heterocycles. The first-order chi connectivity index (χ1) is 8.76. The van der Waals surface area contributed by atoms with Gasteiger partial charge in [0.1, 0.15) is 6.61 Å². The zero-order chi connectivity index (χ0) is 13.2. The van der Waals surface area contributed by atoms with Crippen molar-refractivity contribution in [3.8, 4) is 0 Å². The van der Waals surface area contributed by atoms with Crippen LogP contribution in [0.25, 0.3) is 0 Å². The van der Waals surface area contributed by atoms with Gasteiger partial charge in [-0.25, -0.2) is 4.79 Å². The maximum absolute atomic E-state index is 11.5. The van der Waals surface area contributed by atoms with Gasteiger partial charge >= 0.3 is 5.97 Å². The summed E-state index contributed by atoms with van der Waals surface area (Å²) in [5.41, 5.74) is 0.986. The molecule has 0 unspecified atom stereocenters. The van der Waals surface area contributed by atoms with Crippen LogP contribution in [0.2, 0.25) is 0 Å². The van der Waals surface area contributed by atoms with Gasteiger partial charge in [-0.3, -0.25) is 0 Å². The van der Waals surface area contributed by atoms with Crippen molar-refractivity contribution in [3.63, 3.8) is 0 Å². The Morgan fingerprint density at radius 3 is 2.61 bits per heavy atom. The van der Waals surface area contributed by atoms with Gasteiger partial charge in [-0.05, 0) is 25.6 Å². The second kappa shape index (κ2) is 8.12. The summed E-state index contributed by atoms with van der Waals surface area (Å²) < 4.78 is 5.12. The molecular weight excluding hydrogens is 226 g/mol. The Morgan fingerprint density at radius 1 is 1.28 bits per heavy atom. The fourth-order valence-electron chi connectivity index (χ4n) is 1.39. The molecule has 3 nitrogen and oxygen atoms in total. The predicted molar refractivity (Wildman–Crippen MR) is 72.6 cm³/mol. The van der Waals surface area contributed by atoms with Crippen LogP contribution >= 0.6 is 0 Å². The highest BCUT2D eigenvalue weighted by molar-refractivity contribution is 5.81. The van der Waals surface area contributed by atoms with Gasteiger partial charge in [0.25, 0.3) is 0 Å². The van der Waals surface area contributed by atoms with Gasteiger partial charge in [0, 0.05) is 18.8 Å². The number of allylic oxidation sites excluding steroid dienone is 1. The Morgan fingerprint density at radius 2 is 2.00 bits per heavy atom. The molecule has 0 saturated carbocycles. The number of carbonyl (C=O) groups excluding carboxylic acids is 1. The number of benzene rings is 1. The number of hydrogen-bond donors (Lipinski definition) is 0. The first kappa shape index (κ1) is 14.0. The van der Waals surface area contributed by atoms with E-state index >= 15 is 0 Å². The molecule has 0 amide bonds. The van der Waals surface area contributed by atoms with Gasteiger partial charge in [0.05, 0.1) is 0 Å². The van der Waals surface area contributed by atoms with Crippen LogP contribution in [-0.4, -0.2) is 17.4 Å². The average Bonchev–Trinajstić information content (AvgIpc) is 2.42. The maximum Gasteiger partial charge on any atom is 0.332 e. The summed E-state index contributed by atoms with van der Waals surface area (Å²) in [6.45, 7) is 5.07. The molecule has 1 aromatic rings. The van der Waals surface area contributed by atoms with Crippen LogP contribution in [0.5, 0.6) is 0 Å². The molecule has 0 bridgehead atoms. The highest BCUT2D eigenvalue weighted by atomic mass is 16.5. The number of nitrogens with zero attached hydrogens (tertiary/aromatic N) is 1. The summed E-state index contributed by atoms with van der Waals surface area (Å²) in [6, 6.07) is 9.62. The third-order valence-corrected chi connectivity index (χ3v) is 2.33. The van der Waals surface area contributed by atoms with Crippen molar-refractivity contribution in [2.75, 3.05) is 6.54 Å². The van der Waals surface area contributed by atoms with Gasteiger partial charge in [-0.2, -0.15) is 0 Å². The SMILES string of the molecule is C/C=C\N(/C=C\C(=O)OCc1ccccc1)CC. The van der Waals surface area contributed by atoms with Crippen LogP contribution in [0.1, 0.15) is 19.4 Å². The van der Waals surface area contributed by atoms with Crippen molar-refractivity contribution < 1.29 is 9.53 Å². The Hall–Kier alpha value is -2.03. The minimum Gasteiger partial charge on any atom is -0.458 e. The van der Waals surface area contributed by atoms with Crippen LogP contribution in [-0.2, 0) is 16.1 Å². The fraction of sp³-hybridized carbons (Fsp3) is 0.267. The number of rotatable bonds is 6. The summed E-state index contributed by atoms with van der Waals surface area (Å²) >= 11 is 0. The van der Waals surface area contributed by atoms with E-state index in [-0.39, 0.29) is 5.97 Å². The first-order valence-corrected chi connectivity index (χ1v) is 6.03. The third kappa shape index (κ3) is 5.34. The molecule has 0 heterocycles. The summed E-state index contributed by atoms with van der Waals surface area (Å²) in [6.07, 6.45) is 6.98. The topological polar surface area (TPSA) is 29.5 Å². The third-order valence-electron chi connectivity index (χ3n) is 2.33. The largest absolute Gasteiger partial charge is 0.458 e. The number of ether oxygens (including phenoxy) is 1. The molecule has 0 N–H and O–H groups in total. The van der Waals surface area contributed by atoms with Crippen molar-refractivity contribution in [2.24, 2.45) is 0 Å². The van der Waals surface area contributed by atoms with Gasteiger partial charge in [-0.15, -0.1) is 0 Å². The van der Waals surface area contributed by atoms with E-state index in [0.29, 0.717) is 6.61 Å². The van der Waals surface area contributed by atoms with Crippen LogP contribution < -0.4 is 0 Å². The van der Waals surface area contributed by atoms with Gasteiger partial charge in [0.2, 0.25) is 0 Å². The second-order valence-electron chi connectivity index (χ2n) is 3.72. The highest BCUT2D eigenvalue weighted by Crippen LogP contribution is 2.01. The van der Waals surface area contributed by atoms with E-state index in [0.717, 1.165) is 12.1 Å². The van der Waals surface area contributed by atoms with E-state index in [1.165, 1.54) is 6.08 Å². The molecule has 0 atom stereocenters. The van der Waals surface area contributed by atoms with Crippen molar-refractivity contribution in [3.05, 3.63) is 60.4 Å². The van der Waals surface area contributed by atoms with Crippen molar-refractivity contribution in [1.82, 2.24) is 4.90 Å².